The average Bonchev–Trinajstić information content (AvgIpc) is 3.22. The van der Waals surface area contributed by atoms with Gasteiger partial charge in [-0.25, -0.2) is 8.42 Å². The average molecular weight is 539 g/mol. The van der Waals surface area contributed by atoms with Gasteiger partial charge >= 0.3 is 5.97 Å². The van der Waals surface area contributed by atoms with Gasteiger partial charge < -0.3 is 14.6 Å². The molecule has 1 spiro atoms. The normalized spacial score (nSPS) is 29.4. The van der Waals surface area contributed by atoms with Crippen LogP contribution in [0, 0.1) is 5.92 Å². The first-order valence-corrected chi connectivity index (χ1v) is 14.9. The fourth-order valence-electron chi connectivity index (χ4n) is 7.75. The van der Waals surface area contributed by atoms with Gasteiger partial charge in [-0.05, 0) is 43.7 Å². The number of piperidine rings is 1. The number of phenolic OH excluding ortho intramolecular Hbond substituents is 1. The van der Waals surface area contributed by atoms with Gasteiger partial charge in [0.25, 0.3) is 0 Å². The van der Waals surface area contributed by atoms with E-state index in [1.54, 1.807) is 7.05 Å². The molecule has 8 nitrogen and oxygen atoms in total. The highest BCUT2D eigenvalue weighted by Gasteiger charge is 2.67. The molecule has 38 heavy (non-hydrogen) atoms. The molecular formula is C29H34N2O6S. The number of likely N-dealkylation sites (N-methyl/N-ethyl adjacent to an activating group) is 1. The highest BCUT2D eigenvalue weighted by molar-refractivity contribution is 7.88. The number of sulfonamides is 1. The summed E-state index contributed by atoms with van der Waals surface area (Å²) < 4.78 is 40.9. The van der Waals surface area contributed by atoms with Gasteiger partial charge in [-0.2, -0.15) is 4.31 Å². The van der Waals surface area contributed by atoms with E-state index in [9.17, 15) is 18.3 Å². The Morgan fingerprint density at radius 3 is 2.79 bits per heavy atom. The molecule has 2 bridgehead atoms. The van der Waals surface area contributed by atoms with Gasteiger partial charge in [0, 0.05) is 49.2 Å². The molecule has 2 aromatic rings. The van der Waals surface area contributed by atoms with E-state index in [0.717, 1.165) is 42.6 Å². The van der Waals surface area contributed by atoms with Crippen LogP contribution in [0.3, 0.4) is 0 Å². The maximum atomic E-state index is 13.6. The summed E-state index contributed by atoms with van der Waals surface area (Å²) in [6.45, 7) is 6.88. The van der Waals surface area contributed by atoms with Crippen LogP contribution in [0.2, 0.25) is 0 Å². The molecule has 2 aliphatic carbocycles. The first-order valence-electron chi connectivity index (χ1n) is 13.3. The number of phenols is 1. The summed E-state index contributed by atoms with van der Waals surface area (Å²) in [5.41, 5.74) is 2.07. The van der Waals surface area contributed by atoms with Gasteiger partial charge in [-0.3, -0.25) is 9.69 Å². The summed E-state index contributed by atoms with van der Waals surface area (Å²) in [6.07, 6.45) is 4.41. The zero-order chi connectivity index (χ0) is 26.8. The minimum absolute atomic E-state index is 0.0666. The molecule has 4 aliphatic rings. The number of benzene rings is 2. The van der Waals surface area contributed by atoms with Crippen LogP contribution >= 0.6 is 0 Å². The number of carbonyl (C=O) groups excluding carboxylic acids is 1. The van der Waals surface area contributed by atoms with Gasteiger partial charge in [-0.1, -0.05) is 36.4 Å². The Bertz CT molecular complexity index is 1390. The van der Waals surface area contributed by atoms with E-state index in [1.165, 1.54) is 17.3 Å². The molecule has 0 amide bonds. The number of esters is 1. The van der Waals surface area contributed by atoms with Crippen LogP contribution in [0.25, 0.3) is 0 Å². The molecule has 2 aliphatic heterocycles. The highest BCUT2D eigenvalue weighted by atomic mass is 32.2. The van der Waals surface area contributed by atoms with E-state index in [0.29, 0.717) is 24.3 Å². The Morgan fingerprint density at radius 2 is 2.08 bits per heavy atom. The summed E-state index contributed by atoms with van der Waals surface area (Å²) >= 11 is 0. The summed E-state index contributed by atoms with van der Waals surface area (Å²) in [4.78, 5) is 14.4. The summed E-state index contributed by atoms with van der Waals surface area (Å²) in [7, 11) is -1.98. The van der Waals surface area contributed by atoms with E-state index >= 15 is 0 Å². The largest absolute Gasteiger partial charge is 0.504 e. The van der Waals surface area contributed by atoms with Crippen molar-refractivity contribution in [1.29, 1.82) is 0 Å². The number of nitrogens with zero attached hydrogens (tertiary/aromatic N) is 2. The molecule has 6 rings (SSSR count). The minimum atomic E-state index is -3.63. The van der Waals surface area contributed by atoms with E-state index in [4.69, 9.17) is 9.47 Å². The van der Waals surface area contributed by atoms with Gasteiger partial charge in [0.15, 0.2) is 11.5 Å². The van der Waals surface area contributed by atoms with Crippen LogP contribution in [-0.2, 0) is 32.4 Å². The third-order valence-electron chi connectivity index (χ3n) is 9.20. The van der Waals surface area contributed by atoms with Crippen LogP contribution in [-0.4, -0.2) is 67.0 Å². The van der Waals surface area contributed by atoms with Crippen molar-refractivity contribution in [1.82, 2.24) is 9.21 Å². The predicted molar refractivity (Wildman–Crippen MR) is 143 cm³/mol. The van der Waals surface area contributed by atoms with E-state index in [1.807, 2.05) is 36.4 Å². The lowest BCUT2D eigenvalue weighted by Crippen LogP contribution is -2.68. The summed E-state index contributed by atoms with van der Waals surface area (Å²) in [5, 5.41) is 11.0. The third-order valence-corrected chi connectivity index (χ3v) is 11.1. The Morgan fingerprint density at radius 1 is 1.32 bits per heavy atom. The monoisotopic (exact) mass is 538 g/mol. The van der Waals surface area contributed by atoms with Crippen molar-refractivity contribution in [2.75, 3.05) is 20.1 Å². The van der Waals surface area contributed by atoms with Gasteiger partial charge in [-0.15, -0.1) is 6.58 Å². The van der Waals surface area contributed by atoms with E-state index < -0.39 is 27.5 Å². The van der Waals surface area contributed by atoms with Crippen molar-refractivity contribution in [3.05, 3.63) is 65.7 Å². The number of aromatic hydroxyl groups is 1. The molecule has 9 heteroatoms. The van der Waals surface area contributed by atoms with Crippen LogP contribution < -0.4 is 9.47 Å². The van der Waals surface area contributed by atoms with Gasteiger partial charge in [0.1, 0.15) is 11.9 Å². The lowest BCUT2D eigenvalue weighted by molar-refractivity contribution is -0.132. The summed E-state index contributed by atoms with van der Waals surface area (Å²) in [6, 6.07) is 10.5. The molecule has 0 radical (unpaired) electrons. The molecule has 2 aromatic carbocycles. The lowest BCUT2D eigenvalue weighted by atomic mass is 9.51. The van der Waals surface area contributed by atoms with Crippen LogP contribution in [0.1, 0.15) is 42.9 Å². The second-order valence-electron chi connectivity index (χ2n) is 11.1. The molecule has 1 N–H and O–H groups in total. The predicted octanol–water partition coefficient (Wildman–Crippen LogP) is 3.37. The molecule has 1 saturated heterocycles. The molecule has 0 aromatic heterocycles. The van der Waals surface area contributed by atoms with Crippen LogP contribution in [0.5, 0.6) is 17.2 Å². The first-order chi connectivity index (χ1) is 18.2. The molecule has 2 heterocycles. The smallest absolute Gasteiger partial charge is 0.308 e. The summed E-state index contributed by atoms with van der Waals surface area (Å²) in [5.74, 6) is 0.416. The topological polar surface area (TPSA) is 96.4 Å². The molecule has 5 atom stereocenters. The standard InChI is InChI=1S/C29H34N2O6S/c1-4-13-31-14-12-29-21-10-11-22(30(3)38(34,35)17-19-8-6-5-7-9-19)28(29)37-27-24(33)16-25(36-18(2)32)20(26(27)29)15-23(21)31/h4-9,16,21-23,28,33H,1,10-15,17H2,2-3H3/t21-,22-,23+,28-,29-/m0/s1. The number of rotatable bonds is 7. The maximum absolute atomic E-state index is 13.6. The molecule has 202 valence electrons. The van der Waals surface area contributed by atoms with Gasteiger partial charge in [0.2, 0.25) is 10.0 Å². The number of ether oxygens (including phenoxy) is 2. The Balaban J connectivity index is 1.45. The van der Waals surface area contributed by atoms with Crippen molar-refractivity contribution in [3.63, 3.8) is 0 Å². The van der Waals surface area contributed by atoms with Crippen molar-refractivity contribution in [2.24, 2.45) is 5.92 Å². The molecule has 0 unspecified atom stereocenters. The van der Waals surface area contributed by atoms with E-state index in [-0.39, 0.29) is 29.5 Å². The second-order valence-corrected chi connectivity index (χ2v) is 13.1. The van der Waals surface area contributed by atoms with Crippen molar-refractivity contribution >= 4 is 16.0 Å². The Labute approximate surface area is 223 Å². The van der Waals surface area contributed by atoms with Gasteiger partial charge in [0.05, 0.1) is 11.8 Å². The molecular weight excluding hydrogens is 504 g/mol. The Hall–Kier alpha value is -2.88. The molecule has 1 saturated carbocycles. The third kappa shape index (κ3) is 3.70. The van der Waals surface area contributed by atoms with Crippen LogP contribution in [0.15, 0.2) is 49.1 Å². The number of hydrogen-bond donors (Lipinski definition) is 1. The zero-order valence-electron chi connectivity index (χ0n) is 21.8. The van der Waals surface area contributed by atoms with E-state index in [2.05, 4.69) is 11.5 Å². The zero-order valence-corrected chi connectivity index (χ0v) is 22.6. The highest BCUT2D eigenvalue weighted by Crippen LogP contribution is 2.65. The van der Waals surface area contributed by atoms with Crippen molar-refractivity contribution < 1.29 is 27.8 Å². The quantitative estimate of drug-likeness (QED) is 0.328. The minimum Gasteiger partial charge on any atom is -0.504 e. The Kier molecular flexibility index (Phi) is 6.09. The maximum Gasteiger partial charge on any atom is 0.308 e. The lowest BCUT2D eigenvalue weighted by Gasteiger charge is -2.60. The molecule has 2 fully saturated rings. The number of hydrogen-bond acceptors (Lipinski definition) is 7. The second kappa shape index (κ2) is 9.10. The number of likely N-dealkylation sites (tertiary alicyclic amines) is 1. The SMILES string of the molecule is C=CCN1CC[C@]23c4c5c(OC(C)=O)cc(O)c4O[C@H]2[C@@H](N(C)S(=O)(=O)Cc2ccccc2)CC[C@H]3[C@H]1C5. The fourth-order valence-corrected chi connectivity index (χ4v) is 9.20. The van der Waals surface area contributed by atoms with Crippen LogP contribution in [0.4, 0.5) is 0 Å². The first kappa shape index (κ1) is 25.4. The van der Waals surface area contributed by atoms with Crippen molar-refractivity contribution in [2.45, 2.75) is 62.0 Å². The van der Waals surface area contributed by atoms with Crippen molar-refractivity contribution in [3.8, 4) is 17.2 Å². The number of carbonyl (C=O) groups is 1. The fraction of sp³-hybridized carbons (Fsp3) is 0.483.